The number of morpholine rings is 1. The van der Waals surface area contributed by atoms with Gasteiger partial charge in [-0.1, -0.05) is 23.7 Å². The lowest BCUT2D eigenvalue weighted by molar-refractivity contribution is -0.0412. The second-order valence-corrected chi connectivity index (χ2v) is 5.31. The van der Waals surface area contributed by atoms with Crippen molar-refractivity contribution < 1.29 is 9.84 Å². The number of phenolic OH excluding ortho intramolecular Hbond substituents is 1. The summed E-state index contributed by atoms with van der Waals surface area (Å²) in [5.74, 6) is 0.216. The van der Waals surface area contributed by atoms with Gasteiger partial charge in [0.05, 0.1) is 17.2 Å². The fourth-order valence-electron chi connectivity index (χ4n) is 2.76. The van der Waals surface area contributed by atoms with E-state index < -0.39 is 0 Å². The number of phenols is 1. The smallest absolute Gasteiger partial charge is 0.138 e. The first-order valence-electron chi connectivity index (χ1n) is 6.06. The Labute approximate surface area is 106 Å². The average Bonchev–Trinajstić information content (AvgIpc) is 2.65. The highest BCUT2D eigenvalue weighted by atomic mass is 35.5. The number of hydrogen-bond acceptors (Lipinski definition) is 3. The fourth-order valence-corrected chi connectivity index (χ4v) is 2.95. The zero-order valence-electron chi connectivity index (χ0n) is 9.60. The molecule has 2 fully saturated rings. The molecule has 0 saturated carbocycles. The van der Waals surface area contributed by atoms with Crippen LogP contribution in [0.15, 0.2) is 18.2 Å². The van der Waals surface area contributed by atoms with Gasteiger partial charge in [0, 0.05) is 25.2 Å². The molecular formula is C13H16ClNO2. The summed E-state index contributed by atoms with van der Waals surface area (Å²) in [5.41, 5.74) is 0.902. The van der Waals surface area contributed by atoms with Crippen LogP contribution in [-0.2, 0) is 11.3 Å². The standard InChI is InChI=1S/C13H16ClNO2/c14-12-3-1-2-9(13(12)16)6-15-7-10-4-5-11(8-15)17-10/h1-3,10-11,16H,4-8H2. The second-order valence-electron chi connectivity index (χ2n) is 4.90. The van der Waals surface area contributed by atoms with Gasteiger partial charge < -0.3 is 9.84 Å². The maximum Gasteiger partial charge on any atom is 0.138 e. The quantitative estimate of drug-likeness (QED) is 0.879. The van der Waals surface area contributed by atoms with Gasteiger partial charge in [0.1, 0.15) is 5.75 Å². The lowest BCUT2D eigenvalue weighted by Crippen LogP contribution is -2.41. The summed E-state index contributed by atoms with van der Waals surface area (Å²) in [4.78, 5) is 2.34. The molecule has 0 aromatic heterocycles. The van der Waals surface area contributed by atoms with Gasteiger partial charge in [-0.2, -0.15) is 0 Å². The number of ether oxygens (including phenoxy) is 1. The highest BCUT2D eigenvalue weighted by Gasteiger charge is 2.33. The largest absolute Gasteiger partial charge is 0.506 e. The monoisotopic (exact) mass is 253 g/mol. The van der Waals surface area contributed by atoms with Crippen LogP contribution < -0.4 is 0 Å². The number of fused-ring (bicyclic) bond motifs is 2. The molecule has 0 amide bonds. The molecule has 1 N–H and O–H groups in total. The normalized spacial score (nSPS) is 28.5. The van der Waals surface area contributed by atoms with Gasteiger partial charge in [-0.25, -0.2) is 0 Å². The highest BCUT2D eigenvalue weighted by Crippen LogP contribution is 2.31. The first-order valence-corrected chi connectivity index (χ1v) is 6.44. The molecule has 4 heteroatoms. The third kappa shape index (κ3) is 2.28. The Morgan fingerprint density at radius 2 is 2.00 bits per heavy atom. The molecule has 1 aromatic carbocycles. The molecule has 2 aliphatic rings. The van der Waals surface area contributed by atoms with E-state index in [0.29, 0.717) is 17.2 Å². The molecule has 2 heterocycles. The Bertz CT molecular complexity index is 412. The molecule has 2 saturated heterocycles. The van der Waals surface area contributed by atoms with E-state index in [1.165, 1.54) is 12.8 Å². The Morgan fingerprint density at radius 1 is 1.29 bits per heavy atom. The van der Waals surface area contributed by atoms with E-state index in [1.54, 1.807) is 6.07 Å². The molecule has 17 heavy (non-hydrogen) atoms. The number of nitrogens with zero attached hydrogens (tertiary/aromatic N) is 1. The second kappa shape index (κ2) is 4.48. The SMILES string of the molecule is Oc1c(Cl)cccc1CN1CC2CCC(C1)O2. The molecule has 0 aliphatic carbocycles. The summed E-state index contributed by atoms with van der Waals surface area (Å²) in [7, 11) is 0. The van der Waals surface area contributed by atoms with Gasteiger partial charge in [0.2, 0.25) is 0 Å². The molecule has 3 rings (SSSR count). The molecule has 1 aromatic rings. The van der Waals surface area contributed by atoms with E-state index >= 15 is 0 Å². The van der Waals surface area contributed by atoms with Gasteiger partial charge in [0.25, 0.3) is 0 Å². The third-order valence-electron chi connectivity index (χ3n) is 3.58. The fraction of sp³-hybridized carbons (Fsp3) is 0.538. The molecule has 0 radical (unpaired) electrons. The van der Waals surface area contributed by atoms with Gasteiger partial charge in [-0.3, -0.25) is 4.90 Å². The van der Waals surface area contributed by atoms with Crippen LogP contribution in [0, 0.1) is 0 Å². The highest BCUT2D eigenvalue weighted by molar-refractivity contribution is 6.32. The number of rotatable bonds is 2. The van der Waals surface area contributed by atoms with Gasteiger partial charge in [-0.15, -0.1) is 0 Å². The molecule has 92 valence electrons. The third-order valence-corrected chi connectivity index (χ3v) is 3.89. The Morgan fingerprint density at radius 3 is 2.71 bits per heavy atom. The van der Waals surface area contributed by atoms with E-state index in [1.807, 2.05) is 12.1 Å². The summed E-state index contributed by atoms with van der Waals surface area (Å²) in [6.07, 6.45) is 3.11. The van der Waals surface area contributed by atoms with Crippen LogP contribution in [-0.4, -0.2) is 35.3 Å². The van der Waals surface area contributed by atoms with Crippen molar-refractivity contribution in [2.45, 2.75) is 31.6 Å². The van der Waals surface area contributed by atoms with Gasteiger partial charge >= 0.3 is 0 Å². The van der Waals surface area contributed by atoms with Crippen LogP contribution in [0.5, 0.6) is 5.75 Å². The Balaban J connectivity index is 1.72. The maximum absolute atomic E-state index is 9.89. The van der Waals surface area contributed by atoms with Crippen LogP contribution in [0.3, 0.4) is 0 Å². The van der Waals surface area contributed by atoms with Crippen molar-refractivity contribution in [3.05, 3.63) is 28.8 Å². The van der Waals surface area contributed by atoms with E-state index in [4.69, 9.17) is 16.3 Å². The Kier molecular flexibility index (Phi) is 2.99. The minimum atomic E-state index is 0.216. The zero-order valence-corrected chi connectivity index (χ0v) is 10.4. The maximum atomic E-state index is 9.89. The molecule has 3 nitrogen and oxygen atoms in total. The summed E-state index contributed by atoms with van der Waals surface area (Å²) < 4.78 is 5.79. The summed E-state index contributed by atoms with van der Waals surface area (Å²) in [6.45, 7) is 2.67. The minimum Gasteiger partial charge on any atom is -0.506 e. The summed E-state index contributed by atoms with van der Waals surface area (Å²) >= 11 is 5.91. The molecule has 2 aliphatic heterocycles. The van der Waals surface area contributed by atoms with Crippen LogP contribution in [0.2, 0.25) is 5.02 Å². The topological polar surface area (TPSA) is 32.7 Å². The van der Waals surface area contributed by atoms with Crippen molar-refractivity contribution in [3.63, 3.8) is 0 Å². The van der Waals surface area contributed by atoms with E-state index in [9.17, 15) is 5.11 Å². The first kappa shape index (κ1) is 11.3. The molecule has 2 atom stereocenters. The molecule has 2 bridgehead atoms. The molecule has 2 unspecified atom stereocenters. The first-order chi connectivity index (χ1) is 8.22. The molecular weight excluding hydrogens is 238 g/mol. The predicted molar refractivity (Wildman–Crippen MR) is 66.3 cm³/mol. The van der Waals surface area contributed by atoms with Crippen LogP contribution in [0.1, 0.15) is 18.4 Å². The van der Waals surface area contributed by atoms with E-state index in [0.717, 1.165) is 25.2 Å². The minimum absolute atomic E-state index is 0.216. The Hall–Kier alpha value is -0.770. The molecule has 0 spiro atoms. The van der Waals surface area contributed by atoms with Crippen LogP contribution in [0.4, 0.5) is 0 Å². The van der Waals surface area contributed by atoms with Crippen LogP contribution >= 0.6 is 11.6 Å². The van der Waals surface area contributed by atoms with Crippen molar-refractivity contribution in [3.8, 4) is 5.75 Å². The lowest BCUT2D eigenvalue weighted by Gasteiger charge is -2.32. The van der Waals surface area contributed by atoms with Crippen molar-refractivity contribution in [2.24, 2.45) is 0 Å². The van der Waals surface area contributed by atoms with Crippen molar-refractivity contribution in [1.82, 2.24) is 4.90 Å². The van der Waals surface area contributed by atoms with Crippen molar-refractivity contribution in [1.29, 1.82) is 0 Å². The summed E-state index contributed by atoms with van der Waals surface area (Å²) in [5, 5.41) is 10.3. The number of hydrogen-bond donors (Lipinski definition) is 1. The number of para-hydroxylation sites is 1. The number of aromatic hydroxyl groups is 1. The van der Waals surface area contributed by atoms with Crippen molar-refractivity contribution in [2.75, 3.05) is 13.1 Å². The number of halogens is 1. The summed E-state index contributed by atoms with van der Waals surface area (Å²) in [6, 6.07) is 5.52. The average molecular weight is 254 g/mol. The number of benzene rings is 1. The van der Waals surface area contributed by atoms with Gasteiger partial charge in [0.15, 0.2) is 0 Å². The zero-order chi connectivity index (χ0) is 11.8. The predicted octanol–water partition coefficient (Wildman–Crippen LogP) is 2.41. The van der Waals surface area contributed by atoms with E-state index in [-0.39, 0.29) is 5.75 Å². The lowest BCUT2D eigenvalue weighted by atomic mass is 10.1. The van der Waals surface area contributed by atoms with Crippen molar-refractivity contribution >= 4 is 11.6 Å². The van der Waals surface area contributed by atoms with Gasteiger partial charge in [-0.05, 0) is 18.9 Å². The van der Waals surface area contributed by atoms with Crippen LogP contribution in [0.25, 0.3) is 0 Å². The van der Waals surface area contributed by atoms with E-state index in [2.05, 4.69) is 4.90 Å². The number of likely N-dealkylation sites (tertiary alicyclic amines) is 1.